The van der Waals surface area contributed by atoms with E-state index in [1.54, 1.807) is 0 Å². The van der Waals surface area contributed by atoms with Gasteiger partial charge in [-0.25, -0.2) is 12.7 Å². The number of hydrogen-bond acceptors (Lipinski definition) is 6. The van der Waals surface area contributed by atoms with Gasteiger partial charge in [-0.1, -0.05) is 0 Å². The molecular formula is C15H20N2O5S2. The predicted octanol–water partition coefficient (Wildman–Crippen LogP) is 0.729. The predicted molar refractivity (Wildman–Crippen MR) is 89.6 cm³/mol. The third kappa shape index (κ3) is 3.01. The number of rotatable bonds is 5. The first kappa shape index (κ1) is 17.5. The first-order valence-corrected chi connectivity index (χ1v) is 10.3. The van der Waals surface area contributed by atoms with E-state index >= 15 is 0 Å². The van der Waals surface area contributed by atoms with E-state index in [-0.39, 0.29) is 24.8 Å². The maximum atomic E-state index is 11.9. The Labute approximate surface area is 144 Å². The highest BCUT2D eigenvalue weighted by Crippen LogP contribution is 2.44. The molecule has 0 spiro atoms. The van der Waals surface area contributed by atoms with E-state index in [0.29, 0.717) is 24.5 Å². The molecule has 2 aliphatic heterocycles. The second-order valence-electron chi connectivity index (χ2n) is 6.76. The first-order valence-electron chi connectivity index (χ1n) is 7.61. The molecular weight excluding hydrogens is 352 g/mol. The van der Waals surface area contributed by atoms with Gasteiger partial charge in [0.1, 0.15) is 0 Å². The van der Waals surface area contributed by atoms with Crippen molar-refractivity contribution in [3.8, 4) is 0 Å². The quantitative estimate of drug-likeness (QED) is 0.766. The number of aliphatic carboxylic acids is 1. The summed E-state index contributed by atoms with van der Waals surface area (Å²) in [4.78, 5) is 26.0. The molecule has 2 unspecified atom stereocenters. The molecule has 0 aliphatic carbocycles. The molecule has 1 aromatic heterocycles. The van der Waals surface area contributed by atoms with Crippen molar-refractivity contribution in [3.05, 3.63) is 21.9 Å². The molecule has 0 radical (unpaired) electrons. The van der Waals surface area contributed by atoms with Crippen molar-refractivity contribution >= 4 is 33.1 Å². The maximum absolute atomic E-state index is 11.9. The number of fused-ring (bicyclic) bond motifs is 1. The van der Waals surface area contributed by atoms with Crippen LogP contribution in [0.4, 0.5) is 0 Å². The van der Waals surface area contributed by atoms with Crippen LogP contribution in [-0.2, 0) is 21.4 Å². The number of thiophene rings is 1. The van der Waals surface area contributed by atoms with Crippen LogP contribution in [0.3, 0.4) is 0 Å². The number of hydrogen-bond donors (Lipinski definition) is 1. The molecule has 2 saturated heterocycles. The smallest absolute Gasteiger partial charge is 0.312 e. The van der Waals surface area contributed by atoms with Gasteiger partial charge in [-0.2, -0.15) is 0 Å². The van der Waals surface area contributed by atoms with Crippen molar-refractivity contribution in [2.75, 3.05) is 32.4 Å². The summed E-state index contributed by atoms with van der Waals surface area (Å²) in [6, 6.07) is 1.84. The molecule has 0 aromatic carbocycles. The zero-order valence-corrected chi connectivity index (χ0v) is 15.2. The Morgan fingerprint density at radius 3 is 2.58 bits per heavy atom. The second-order valence-corrected chi connectivity index (χ2v) is 9.65. The van der Waals surface area contributed by atoms with E-state index < -0.39 is 21.4 Å². The number of likely N-dealkylation sites (tertiary alicyclic amines) is 1. The van der Waals surface area contributed by atoms with Gasteiger partial charge in [-0.05, 0) is 23.9 Å². The summed E-state index contributed by atoms with van der Waals surface area (Å²) in [6.45, 7) is 3.26. The molecule has 1 aromatic rings. The second kappa shape index (κ2) is 5.91. The average molecular weight is 372 g/mol. The van der Waals surface area contributed by atoms with Crippen molar-refractivity contribution in [1.82, 2.24) is 9.21 Å². The van der Waals surface area contributed by atoms with Crippen LogP contribution in [0.2, 0.25) is 0 Å². The van der Waals surface area contributed by atoms with Crippen LogP contribution in [0.25, 0.3) is 0 Å². The van der Waals surface area contributed by atoms with Gasteiger partial charge in [0.25, 0.3) is 0 Å². The molecule has 0 bridgehead atoms. The van der Waals surface area contributed by atoms with E-state index in [4.69, 9.17) is 0 Å². The zero-order valence-electron chi connectivity index (χ0n) is 13.6. The van der Waals surface area contributed by atoms with E-state index in [9.17, 15) is 23.1 Å². The van der Waals surface area contributed by atoms with Crippen molar-refractivity contribution in [2.45, 2.75) is 13.5 Å². The highest BCUT2D eigenvalue weighted by atomic mass is 32.2. The van der Waals surface area contributed by atoms with Crippen molar-refractivity contribution in [2.24, 2.45) is 11.3 Å². The first-order chi connectivity index (χ1) is 11.1. The topological polar surface area (TPSA) is 95.0 Å². The minimum atomic E-state index is -3.38. The SMILES string of the molecule is CC(=O)c1cc(CN2CC3CN(S(C)(=O)=O)CC3(C(=O)O)C2)cs1. The summed E-state index contributed by atoms with van der Waals surface area (Å²) < 4.78 is 24.8. The fourth-order valence-electron chi connectivity index (χ4n) is 3.70. The van der Waals surface area contributed by atoms with Gasteiger partial charge in [0, 0.05) is 38.6 Å². The molecule has 0 saturated carbocycles. The molecule has 9 heteroatoms. The lowest BCUT2D eigenvalue weighted by atomic mass is 9.81. The molecule has 2 fully saturated rings. The Hall–Kier alpha value is -1.29. The minimum Gasteiger partial charge on any atom is -0.481 e. The van der Waals surface area contributed by atoms with Gasteiger partial charge >= 0.3 is 5.97 Å². The summed E-state index contributed by atoms with van der Waals surface area (Å²) in [5, 5.41) is 11.6. The highest BCUT2D eigenvalue weighted by molar-refractivity contribution is 7.88. The third-order valence-electron chi connectivity index (χ3n) is 4.95. The van der Waals surface area contributed by atoms with Gasteiger partial charge < -0.3 is 5.11 Å². The largest absolute Gasteiger partial charge is 0.481 e. The van der Waals surface area contributed by atoms with Gasteiger partial charge in [0.2, 0.25) is 10.0 Å². The number of carboxylic acid groups (broad SMARTS) is 1. The summed E-state index contributed by atoms with van der Waals surface area (Å²) in [5.74, 6) is -1.12. The van der Waals surface area contributed by atoms with Gasteiger partial charge in [-0.15, -0.1) is 11.3 Å². The average Bonchev–Trinajstić information content (AvgIpc) is 3.09. The molecule has 0 amide bonds. The van der Waals surface area contributed by atoms with Crippen LogP contribution in [-0.4, -0.2) is 66.9 Å². The number of Topliss-reactive ketones (excluding diaryl/α,β-unsaturated/α-hetero) is 1. The molecule has 7 nitrogen and oxygen atoms in total. The Balaban J connectivity index is 1.75. The van der Waals surface area contributed by atoms with E-state index in [1.807, 2.05) is 16.3 Å². The lowest BCUT2D eigenvalue weighted by Gasteiger charge is -2.24. The maximum Gasteiger partial charge on any atom is 0.312 e. The number of nitrogens with zero attached hydrogens (tertiary/aromatic N) is 2. The summed E-state index contributed by atoms with van der Waals surface area (Å²) in [5.41, 5.74) is -0.0478. The minimum absolute atomic E-state index is 0.0235. The van der Waals surface area contributed by atoms with Gasteiger partial charge in [-0.3, -0.25) is 14.5 Å². The fraction of sp³-hybridized carbons (Fsp3) is 0.600. The standard InChI is InChI=1S/C15H20N2O5S2/c1-10(18)13-3-11(7-23-13)4-16-5-12-6-17(24(2,21)22)9-15(12,8-16)14(19)20/h3,7,12H,4-6,8-9H2,1-2H3,(H,19,20). The molecule has 2 atom stereocenters. The van der Waals surface area contributed by atoms with Crippen LogP contribution in [0.1, 0.15) is 22.2 Å². The van der Waals surface area contributed by atoms with Crippen LogP contribution >= 0.6 is 11.3 Å². The van der Waals surface area contributed by atoms with E-state index in [0.717, 1.165) is 11.8 Å². The number of carbonyl (C=O) groups excluding carboxylic acids is 1. The van der Waals surface area contributed by atoms with E-state index in [1.165, 1.54) is 22.6 Å². The van der Waals surface area contributed by atoms with Crippen LogP contribution in [0, 0.1) is 11.3 Å². The number of carbonyl (C=O) groups is 2. The van der Waals surface area contributed by atoms with Crippen molar-refractivity contribution in [3.63, 3.8) is 0 Å². The van der Waals surface area contributed by atoms with Crippen molar-refractivity contribution in [1.29, 1.82) is 0 Å². The summed E-state index contributed by atoms with van der Waals surface area (Å²) in [6.07, 6.45) is 1.12. The lowest BCUT2D eigenvalue weighted by Crippen LogP contribution is -2.41. The highest BCUT2D eigenvalue weighted by Gasteiger charge is 2.59. The van der Waals surface area contributed by atoms with E-state index in [2.05, 4.69) is 0 Å². The number of ketones is 1. The molecule has 3 rings (SSSR count). The van der Waals surface area contributed by atoms with Crippen LogP contribution in [0.15, 0.2) is 11.4 Å². The van der Waals surface area contributed by atoms with Gasteiger partial charge in [0.05, 0.1) is 16.5 Å². The molecule has 24 heavy (non-hydrogen) atoms. The monoisotopic (exact) mass is 372 g/mol. The summed E-state index contributed by atoms with van der Waals surface area (Å²) in [7, 11) is -3.38. The zero-order chi connectivity index (χ0) is 17.7. The number of sulfonamides is 1. The third-order valence-corrected chi connectivity index (χ3v) is 7.25. The lowest BCUT2D eigenvalue weighted by molar-refractivity contribution is -0.148. The van der Waals surface area contributed by atoms with Crippen LogP contribution < -0.4 is 0 Å². The fourth-order valence-corrected chi connectivity index (χ4v) is 5.42. The molecule has 2 aliphatic rings. The Bertz CT molecular complexity index is 788. The normalized spacial score (nSPS) is 28.2. The Morgan fingerprint density at radius 2 is 2.08 bits per heavy atom. The number of carboxylic acids is 1. The molecule has 132 valence electrons. The molecule has 1 N–H and O–H groups in total. The van der Waals surface area contributed by atoms with Gasteiger partial charge in [0.15, 0.2) is 5.78 Å². The summed E-state index contributed by atoms with van der Waals surface area (Å²) >= 11 is 1.39. The Kier molecular flexibility index (Phi) is 4.31. The van der Waals surface area contributed by atoms with Crippen LogP contribution in [0.5, 0.6) is 0 Å². The van der Waals surface area contributed by atoms with Crippen molar-refractivity contribution < 1.29 is 23.1 Å². The molecule has 3 heterocycles. The Morgan fingerprint density at radius 1 is 1.38 bits per heavy atom.